The van der Waals surface area contributed by atoms with Crippen molar-refractivity contribution in [2.45, 2.75) is 12.8 Å². The molecule has 2 heterocycles. The molecule has 0 aliphatic carbocycles. The molecule has 0 unspecified atom stereocenters. The normalized spacial score (nSPS) is 15.6. The van der Waals surface area contributed by atoms with Crippen molar-refractivity contribution in [3.63, 3.8) is 0 Å². The van der Waals surface area contributed by atoms with E-state index < -0.39 is 5.97 Å². The standard InChI is InChI=1S/C10H8N2O4/c13-8-4-5-9(14)12(8)7-3-1-2-6(11-7)10(15)16/h1-3H,4-5H2,(H,15,16). The summed E-state index contributed by atoms with van der Waals surface area (Å²) in [6.07, 6.45) is 0.301. The topological polar surface area (TPSA) is 87.6 Å². The highest BCUT2D eigenvalue weighted by molar-refractivity contribution is 6.19. The molecule has 1 fully saturated rings. The fourth-order valence-electron chi connectivity index (χ4n) is 1.50. The molecule has 6 heteroatoms. The third-order valence-corrected chi connectivity index (χ3v) is 2.23. The van der Waals surface area contributed by atoms with Crippen molar-refractivity contribution >= 4 is 23.6 Å². The van der Waals surface area contributed by atoms with Crippen molar-refractivity contribution in [2.75, 3.05) is 4.90 Å². The molecule has 2 rings (SSSR count). The Kier molecular flexibility index (Phi) is 2.40. The van der Waals surface area contributed by atoms with Gasteiger partial charge in [0, 0.05) is 12.8 Å². The fourth-order valence-corrected chi connectivity index (χ4v) is 1.50. The zero-order chi connectivity index (χ0) is 11.7. The lowest BCUT2D eigenvalue weighted by Gasteiger charge is -2.12. The number of carbonyl (C=O) groups excluding carboxylic acids is 2. The number of anilines is 1. The van der Waals surface area contributed by atoms with E-state index >= 15 is 0 Å². The summed E-state index contributed by atoms with van der Waals surface area (Å²) in [6.45, 7) is 0. The first-order valence-electron chi connectivity index (χ1n) is 4.66. The Balaban J connectivity index is 2.40. The van der Waals surface area contributed by atoms with Crippen molar-refractivity contribution in [3.8, 4) is 0 Å². The number of aromatic nitrogens is 1. The smallest absolute Gasteiger partial charge is 0.354 e. The summed E-state index contributed by atoms with van der Waals surface area (Å²) in [4.78, 5) is 38.1. The number of carboxylic acids is 1. The minimum atomic E-state index is -1.19. The van der Waals surface area contributed by atoms with Gasteiger partial charge >= 0.3 is 5.97 Å². The van der Waals surface area contributed by atoms with Crippen LogP contribution in [0.5, 0.6) is 0 Å². The minimum Gasteiger partial charge on any atom is -0.477 e. The number of amides is 2. The summed E-state index contributed by atoms with van der Waals surface area (Å²) in [7, 11) is 0. The van der Waals surface area contributed by atoms with Crippen LogP contribution in [0.4, 0.5) is 5.82 Å². The van der Waals surface area contributed by atoms with Crippen LogP contribution in [0.3, 0.4) is 0 Å². The molecule has 82 valence electrons. The first-order chi connectivity index (χ1) is 7.59. The highest BCUT2D eigenvalue weighted by atomic mass is 16.4. The van der Waals surface area contributed by atoms with Gasteiger partial charge in [0.1, 0.15) is 5.82 Å². The van der Waals surface area contributed by atoms with E-state index in [9.17, 15) is 14.4 Å². The predicted molar refractivity (Wildman–Crippen MR) is 52.9 cm³/mol. The van der Waals surface area contributed by atoms with Crippen molar-refractivity contribution in [3.05, 3.63) is 23.9 Å². The maximum Gasteiger partial charge on any atom is 0.354 e. The van der Waals surface area contributed by atoms with Crippen molar-refractivity contribution in [1.82, 2.24) is 4.98 Å². The lowest BCUT2D eigenvalue weighted by Crippen LogP contribution is -2.29. The first kappa shape index (κ1) is 10.3. The Hall–Kier alpha value is -2.24. The summed E-state index contributed by atoms with van der Waals surface area (Å²) in [5, 5.41) is 8.73. The number of nitrogens with zero attached hydrogens (tertiary/aromatic N) is 2. The monoisotopic (exact) mass is 220 g/mol. The summed E-state index contributed by atoms with van der Waals surface area (Å²) in [5.41, 5.74) is -0.190. The van der Waals surface area contributed by atoms with Crippen LogP contribution in [0.2, 0.25) is 0 Å². The molecule has 0 saturated carbocycles. The second kappa shape index (κ2) is 3.73. The first-order valence-corrected chi connectivity index (χ1v) is 4.66. The predicted octanol–water partition coefficient (Wildman–Crippen LogP) is 0.433. The number of pyridine rings is 1. The van der Waals surface area contributed by atoms with Gasteiger partial charge in [0.2, 0.25) is 11.8 Å². The molecule has 0 radical (unpaired) electrons. The van der Waals surface area contributed by atoms with Crippen LogP contribution in [-0.2, 0) is 9.59 Å². The van der Waals surface area contributed by atoms with E-state index in [0.717, 1.165) is 4.90 Å². The molecule has 1 aromatic rings. The Labute approximate surface area is 90.5 Å². The molecule has 0 spiro atoms. The van der Waals surface area contributed by atoms with Crippen molar-refractivity contribution in [1.29, 1.82) is 0 Å². The Morgan fingerprint density at radius 1 is 1.25 bits per heavy atom. The van der Waals surface area contributed by atoms with Gasteiger partial charge in [-0.15, -0.1) is 0 Å². The average molecular weight is 220 g/mol. The van der Waals surface area contributed by atoms with E-state index in [4.69, 9.17) is 5.11 Å². The Morgan fingerprint density at radius 2 is 1.88 bits per heavy atom. The van der Waals surface area contributed by atoms with Crippen molar-refractivity contribution < 1.29 is 19.5 Å². The SMILES string of the molecule is O=C(O)c1cccc(N2C(=O)CCC2=O)n1. The molecule has 0 atom stereocenters. The van der Waals surface area contributed by atoms with Gasteiger partial charge in [0.15, 0.2) is 5.69 Å². The molecule has 1 saturated heterocycles. The summed E-state index contributed by atoms with van der Waals surface area (Å²) in [5.74, 6) is -1.81. The van der Waals surface area contributed by atoms with Crippen LogP contribution in [0, 0.1) is 0 Å². The Bertz CT molecular complexity index is 467. The summed E-state index contributed by atoms with van der Waals surface area (Å²) in [6, 6.07) is 4.19. The maximum atomic E-state index is 11.4. The van der Waals surface area contributed by atoms with Crippen molar-refractivity contribution in [2.24, 2.45) is 0 Å². The highest BCUT2D eigenvalue weighted by Gasteiger charge is 2.31. The fraction of sp³-hybridized carbons (Fsp3) is 0.200. The van der Waals surface area contributed by atoms with Crippen LogP contribution in [-0.4, -0.2) is 27.9 Å². The van der Waals surface area contributed by atoms with Crippen LogP contribution < -0.4 is 4.90 Å². The number of carboxylic acid groups (broad SMARTS) is 1. The lowest BCUT2D eigenvalue weighted by atomic mass is 10.3. The van der Waals surface area contributed by atoms with Gasteiger partial charge in [-0.2, -0.15) is 0 Å². The van der Waals surface area contributed by atoms with Crippen LogP contribution in [0.15, 0.2) is 18.2 Å². The van der Waals surface area contributed by atoms with Gasteiger partial charge in [-0.3, -0.25) is 9.59 Å². The second-order valence-corrected chi connectivity index (χ2v) is 3.31. The van der Waals surface area contributed by atoms with Crippen LogP contribution in [0.1, 0.15) is 23.3 Å². The lowest BCUT2D eigenvalue weighted by molar-refractivity contribution is -0.121. The molecular weight excluding hydrogens is 212 g/mol. The van der Waals surface area contributed by atoms with Gasteiger partial charge < -0.3 is 5.11 Å². The second-order valence-electron chi connectivity index (χ2n) is 3.31. The van der Waals surface area contributed by atoms with E-state index in [0.29, 0.717) is 0 Å². The zero-order valence-corrected chi connectivity index (χ0v) is 8.21. The summed E-state index contributed by atoms with van der Waals surface area (Å²) < 4.78 is 0. The molecule has 6 nitrogen and oxygen atoms in total. The number of hydrogen-bond acceptors (Lipinski definition) is 4. The largest absolute Gasteiger partial charge is 0.477 e. The van der Waals surface area contributed by atoms with E-state index in [-0.39, 0.29) is 36.2 Å². The van der Waals surface area contributed by atoms with E-state index in [2.05, 4.69) is 4.98 Å². The Morgan fingerprint density at radius 3 is 2.44 bits per heavy atom. The number of imide groups is 1. The molecule has 1 N–H and O–H groups in total. The van der Waals surface area contributed by atoms with Crippen LogP contribution >= 0.6 is 0 Å². The average Bonchev–Trinajstić information content (AvgIpc) is 2.59. The molecule has 1 aliphatic heterocycles. The highest BCUT2D eigenvalue weighted by Crippen LogP contribution is 2.20. The van der Waals surface area contributed by atoms with Gasteiger partial charge in [0.25, 0.3) is 0 Å². The van der Waals surface area contributed by atoms with E-state index in [1.165, 1.54) is 18.2 Å². The summed E-state index contributed by atoms with van der Waals surface area (Å²) >= 11 is 0. The maximum absolute atomic E-state index is 11.4. The van der Waals surface area contributed by atoms with Crippen LogP contribution in [0.25, 0.3) is 0 Å². The molecule has 1 aliphatic rings. The minimum absolute atomic E-state index is 0.0763. The van der Waals surface area contributed by atoms with Gasteiger partial charge in [-0.05, 0) is 12.1 Å². The van der Waals surface area contributed by atoms with E-state index in [1.807, 2.05) is 0 Å². The number of hydrogen-bond donors (Lipinski definition) is 1. The van der Waals surface area contributed by atoms with Gasteiger partial charge in [-0.1, -0.05) is 6.07 Å². The third-order valence-electron chi connectivity index (χ3n) is 2.23. The molecule has 0 bridgehead atoms. The number of aromatic carboxylic acids is 1. The van der Waals surface area contributed by atoms with E-state index in [1.54, 1.807) is 0 Å². The van der Waals surface area contributed by atoms with Gasteiger partial charge in [-0.25, -0.2) is 14.7 Å². The molecule has 1 aromatic heterocycles. The molecule has 2 amide bonds. The number of rotatable bonds is 2. The molecular formula is C10H8N2O4. The molecule has 0 aromatic carbocycles. The van der Waals surface area contributed by atoms with Gasteiger partial charge in [0.05, 0.1) is 0 Å². The molecule has 16 heavy (non-hydrogen) atoms. The quantitative estimate of drug-likeness (QED) is 0.730. The third kappa shape index (κ3) is 1.65. The number of carbonyl (C=O) groups is 3. The zero-order valence-electron chi connectivity index (χ0n) is 8.21.